The SMILES string of the molecule is Cc1ccc(CNC(=O)C2CC23CCNCC3)c(OC(C)(C)C)c1.Cl. The van der Waals surface area contributed by atoms with E-state index in [2.05, 4.69) is 35.8 Å². The molecule has 140 valence electrons. The molecule has 0 aromatic heterocycles. The maximum Gasteiger partial charge on any atom is 0.223 e. The summed E-state index contributed by atoms with van der Waals surface area (Å²) in [4.78, 5) is 12.5. The number of amides is 1. The molecular weight excluding hydrogens is 336 g/mol. The fraction of sp³-hybridized carbons (Fsp3) is 0.650. The summed E-state index contributed by atoms with van der Waals surface area (Å²) in [6, 6.07) is 6.18. The van der Waals surface area contributed by atoms with Crippen LogP contribution in [0.1, 0.15) is 51.2 Å². The molecule has 2 aliphatic rings. The Balaban J connectivity index is 0.00000225. The van der Waals surface area contributed by atoms with Gasteiger partial charge in [-0.25, -0.2) is 0 Å². The lowest BCUT2D eigenvalue weighted by molar-refractivity contribution is -0.123. The average Bonchev–Trinajstić information content (AvgIpc) is 3.18. The van der Waals surface area contributed by atoms with Gasteiger partial charge in [0.2, 0.25) is 5.91 Å². The van der Waals surface area contributed by atoms with Gasteiger partial charge < -0.3 is 15.4 Å². The Morgan fingerprint density at radius 3 is 2.64 bits per heavy atom. The van der Waals surface area contributed by atoms with Crippen LogP contribution in [0.4, 0.5) is 0 Å². The number of hydrogen-bond acceptors (Lipinski definition) is 3. The number of rotatable bonds is 4. The number of piperidine rings is 1. The zero-order valence-electron chi connectivity index (χ0n) is 15.8. The van der Waals surface area contributed by atoms with Crippen molar-refractivity contribution in [2.45, 2.75) is 59.1 Å². The predicted octanol–water partition coefficient (Wildman–Crippen LogP) is 3.60. The van der Waals surface area contributed by atoms with Gasteiger partial charge in [-0.1, -0.05) is 12.1 Å². The van der Waals surface area contributed by atoms with E-state index < -0.39 is 0 Å². The van der Waals surface area contributed by atoms with E-state index in [1.165, 1.54) is 5.56 Å². The Morgan fingerprint density at radius 2 is 2.00 bits per heavy atom. The van der Waals surface area contributed by atoms with Gasteiger partial charge in [-0.05, 0) is 77.1 Å². The smallest absolute Gasteiger partial charge is 0.223 e. The second-order valence-corrected chi connectivity index (χ2v) is 8.41. The highest BCUT2D eigenvalue weighted by Crippen LogP contribution is 2.58. The summed E-state index contributed by atoms with van der Waals surface area (Å²) in [5.41, 5.74) is 2.25. The van der Waals surface area contributed by atoms with Gasteiger partial charge in [-0.15, -0.1) is 12.4 Å². The van der Waals surface area contributed by atoms with Crippen molar-refractivity contribution in [2.24, 2.45) is 11.3 Å². The van der Waals surface area contributed by atoms with Crippen LogP contribution < -0.4 is 15.4 Å². The quantitative estimate of drug-likeness (QED) is 0.856. The normalized spacial score (nSPS) is 21.4. The number of carbonyl (C=O) groups excluding carboxylic acids is 1. The van der Waals surface area contributed by atoms with Crippen LogP contribution in [0.2, 0.25) is 0 Å². The molecule has 1 aliphatic carbocycles. The Labute approximate surface area is 157 Å². The number of carbonyl (C=O) groups is 1. The van der Waals surface area contributed by atoms with E-state index in [9.17, 15) is 4.79 Å². The van der Waals surface area contributed by atoms with Gasteiger partial charge in [0.25, 0.3) is 0 Å². The van der Waals surface area contributed by atoms with Crippen molar-refractivity contribution in [3.05, 3.63) is 29.3 Å². The van der Waals surface area contributed by atoms with Crippen molar-refractivity contribution in [3.63, 3.8) is 0 Å². The first kappa shape index (κ1) is 20.1. The number of ether oxygens (including phenoxy) is 1. The number of nitrogens with one attached hydrogen (secondary N) is 2. The van der Waals surface area contributed by atoms with Crippen molar-refractivity contribution >= 4 is 18.3 Å². The van der Waals surface area contributed by atoms with E-state index in [4.69, 9.17) is 4.74 Å². The second-order valence-electron chi connectivity index (χ2n) is 8.41. The first-order valence-electron chi connectivity index (χ1n) is 9.06. The summed E-state index contributed by atoms with van der Waals surface area (Å²) >= 11 is 0. The zero-order valence-corrected chi connectivity index (χ0v) is 16.6. The van der Waals surface area contributed by atoms with E-state index in [1.807, 2.05) is 20.8 Å². The first-order chi connectivity index (χ1) is 11.3. The molecule has 1 spiro atoms. The summed E-state index contributed by atoms with van der Waals surface area (Å²) in [6.45, 7) is 10.8. The summed E-state index contributed by atoms with van der Waals surface area (Å²) < 4.78 is 6.07. The maximum absolute atomic E-state index is 12.5. The second kappa shape index (κ2) is 7.55. The topological polar surface area (TPSA) is 50.4 Å². The zero-order chi connectivity index (χ0) is 17.4. The molecular formula is C20H31ClN2O2. The summed E-state index contributed by atoms with van der Waals surface area (Å²) in [5.74, 6) is 1.28. The molecule has 5 heteroatoms. The Kier molecular flexibility index (Phi) is 6.05. The molecule has 1 aromatic rings. The molecule has 1 saturated carbocycles. The molecule has 1 aromatic carbocycles. The van der Waals surface area contributed by atoms with Crippen molar-refractivity contribution in [1.29, 1.82) is 0 Å². The highest BCUT2D eigenvalue weighted by atomic mass is 35.5. The van der Waals surface area contributed by atoms with Gasteiger partial charge in [0.05, 0.1) is 0 Å². The lowest BCUT2D eigenvalue weighted by Gasteiger charge is -2.24. The molecule has 1 amide bonds. The number of benzene rings is 1. The van der Waals surface area contributed by atoms with E-state index in [0.717, 1.165) is 43.7 Å². The standard InChI is InChI=1S/C20H30N2O2.ClH/c1-14-5-6-15(17(11-14)24-19(2,3)4)13-22-18(23)16-12-20(16)7-9-21-10-8-20;/h5-6,11,16,21H,7-10,12-13H2,1-4H3,(H,22,23);1H. The fourth-order valence-electron chi connectivity index (χ4n) is 3.73. The van der Waals surface area contributed by atoms with Crippen molar-refractivity contribution in [3.8, 4) is 5.75 Å². The molecule has 25 heavy (non-hydrogen) atoms. The number of halogens is 1. The molecule has 4 nitrogen and oxygen atoms in total. The minimum atomic E-state index is -0.248. The van der Waals surface area contributed by atoms with E-state index >= 15 is 0 Å². The monoisotopic (exact) mass is 366 g/mol. The van der Waals surface area contributed by atoms with Crippen LogP contribution in [0.3, 0.4) is 0 Å². The maximum atomic E-state index is 12.5. The largest absolute Gasteiger partial charge is 0.488 e. The van der Waals surface area contributed by atoms with Crippen LogP contribution in [0.5, 0.6) is 5.75 Å². The van der Waals surface area contributed by atoms with Crippen molar-refractivity contribution < 1.29 is 9.53 Å². The molecule has 1 heterocycles. The predicted molar refractivity (Wildman–Crippen MR) is 103 cm³/mol. The summed E-state index contributed by atoms with van der Waals surface area (Å²) in [7, 11) is 0. The Bertz CT molecular complexity index is 619. The Hall–Kier alpha value is -1.26. The average molecular weight is 367 g/mol. The van der Waals surface area contributed by atoms with Crippen molar-refractivity contribution in [2.75, 3.05) is 13.1 Å². The summed E-state index contributed by atoms with van der Waals surface area (Å²) in [6.07, 6.45) is 3.32. The minimum absolute atomic E-state index is 0. The first-order valence-corrected chi connectivity index (χ1v) is 9.06. The number of aryl methyl sites for hydroxylation is 1. The third-order valence-electron chi connectivity index (χ3n) is 5.20. The molecule has 0 bridgehead atoms. The highest BCUT2D eigenvalue weighted by molar-refractivity contribution is 5.85. The molecule has 0 radical (unpaired) electrons. The van der Waals surface area contributed by atoms with E-state index in [0.29, 0.717) is 6.54 Å². The molecule has 1 saturated heterocycles. The molecule has 1 atom stereocenters. The fourth-order valence-corrected chi connectivity index (χ4v) is 3.73. The third kappa shape index (κ3) is 4.89. The van der Waals surface area contributed by atoms with Gasteiger partial charge >= 0.3 is 0 Å². The van der Waals surface area contributed by atoms with Crippen LogP contribution in [0, 0.1) is 18.3 Å². The van der Waals surface area contributed by atoms with E-state index in [-0.39, 0.29) is 35.2 Å². The van der Waals surface area contributed by atoms with Crippen molar-refractivity contribution in [1.82, 2.24) is 10.6 Å². The summed E-state index contributed by atoms with van der Waals surface area (Å²) in [5, 5.41) is 6.52. The van der Waals surface area contributed by atoms with Gasteiger partial charge in [0, 0.05) is 18.0 Å². The molecule has 1 aliphatic heterocycles. The molecule has 1 unspecified atom stereocenters. The van der Waals surface area contributed by atoms with Gasteiger partial charge in [0.1, 0.15) is 11.4 Å². The van der Waals surface area contributed by atoms with Crippen LogP contribution in [0.25, 0.3) is 0 Å². The van der Waals surface area contributed by atoms with Crippen LogP contribution in [0.15, 0.2) is 18.2 Å². The van der Waals surface area contributed by atoms with Gasteiger partial charge in [-0.3, -0.25) is 4.79 Å². The van der Waals surface area contributed by atoms with E-state index in [1.54, 1.807) is 0 Å². The van der Waals surface area contributed by atoms with Crippen LogP contribution in [-0.2, 0) is 11.3 Å². The minimum Gasteiger partial charge on any atom is -0.488 e. The molecule has 3 rings (SSSR count). The Morgan fingerprint density at radius 1 is 1.32 bits per heavy atom. The number of hydrogen-bond donors (Lipinski definition) is 2. The molecule has 2 N–H and O–H groups in total. The third-order valence-corrected chi connectivity index (χ3v) is 5.20. The van der Waals surface area contributed by atoms with Gasteiger partial charge in [-0.2, -0.15) is 0 Å². The highest BCUT2D eigenvalue weighted by Gasteiger charge is 2.57. The lowest BCUT2D eigenvalue weighted by Crippen LogP contribution is -2.33. The molecule has 2 fully saturated rings. The van der Waals surface area contributed by atoms with Crippen LogP contribution >= 0.6 is 12.4 Å². The van der Waals surface area contributed by atoms with Crippen LogP contribution in [-0.4, -0.2) is 24.6 Å². The van der Waals surface area contributed by atoms with Gasteiger partial charge in [0.15, 0.2) is 0 Å². The lowest BCUT2D eigenvalue weighted by atomic mass is 9.92.